The Balaban J connectivity index is 1.45. The number of benzene rings is 2. The number of carbonyl (C=O) groups is 1. The quantitative estimate of drug-likeness (QED) is 0.377. The van der Waals surface area contributed by atoms with Crippen LogP contribution in [0.2, 0.25) is 10.0 Å². The van der Waals surface area contributed by atoms with Crippen LogP contribution in [-0.2, 0) is 10.0 Å². The van der Waals surface area contributed by atoms with Crippen LogP contribution in [0, 0.1) is 28.5 Å². The first-order chi connectivity index (χ1) is 18.3. The second-order valence-corrected chi connectivity index (χ2v) is 13.7. The highest BCUT2D eigenvalue weighted by Crippen LogP contribution is 2.46. The van der Waals surface area contributed by atoms with E-state index in [1.807, 2.05) is 30.7 Å². The number of hydrogen-bond acceptors (Lipinski definition) is 6. The molecule has 1 saturated carbocycles. The minimum Gasteiger partial charge on any atom is -0.493 e. The van der Waals surface area contributed by atoms with E-state index in [1.54, 1.807) is 6.07 Å². The molecule has 2 aromatic carbocycles. The summed E-state index contributed by atoms with van der Waals surface area (Å²) in [7, 11) is -3.82. The van der Waals surface area contributed by atoms with E-state index in [9.17, 15) is 22.9 Å². The molecule has 1 unspecified atom stereocenters. The van der Waals surface area contributed by atoms with Gasteiger partial charge in [-0.15, -0.1) is 0 Å². The third-order valence-corrected chi connectivity index (χ3v) is 8.29. The SMILES string of the molecule is CC(C)(C#N)C(c1cc(Cl)cc(Cl)c1)N1CCC(COc2cc(F)c(C(=O)NS(C)(=O)=O)cc2C2CC2)CC1. The van der Waals surface area contributed by atoms with Gasteiger partial charge in [0.05, 0.1) is 36.0 Å². The number of halogens is 3. The zero-order valence-corrected chi connectivity index (χ0v) is 24.5. The minimum atomic E-state index is -3.82. The third-order valence-electron chi connectivity index (χ3n) is 7.30. The van der Waals surface area contributed by atoms with Crippen molar-refractivity contribution in [2.24, 2.45) is 11.3 Å². The first-order valence-electron chi connectivity index (χ1n) is 12.9. The summed E-state index contributed by atoms with van der Waals surface area (Å²) in [6.07, 6.45) is 4.29. The van der Waals surface area contributed by atoms with Crippen molar-refractivity contribution in [2.45, 2.75) is 51.5 Å². The fourth-order valence-electron chi connectivity index (χ4n) is 5.27. The van der Waals surface area contributed by atoms with Gasteiger partial charge in [-0.1, -0.05) is 23.2 Å². The first-order valence-corrected chi connectivity index (χ1v) is 15.5. The summed E-state index contributed by atoms with van der Waals surface area (Å²) in [5.74, 6) is -1.05. The molecule has 1 aliphatic carbocycles. The van der Waals surface area contributed by atoms with Gasteiger partial charge in [0.25, 0.3) is 5.91 Å². The largest absolute Gasteiger partial charge is 0.493 e. The van der Waals surface area contributed by atoms with Gasteiger partial charge < -0.3 is 4.74 Å². The van der Waals surface area contributed by atoms with Crippen molar-refractivity contribution >= 4 is 39.1 Å². The Morgan fingerprint density at radius 3 is 2.31 bits per heavy atom. The Hall–Kier alpha value is -2.38. The number of amides is 1. The second kappa shape index (κ2) is 11.6. The smallest absolute Gasteiger partial charge is 0.267 e. The molecule has 0 spiro atoms. The van der Waals surface area contributed by atoms with Gasteiger partial charge in [0.1, 0.15) is 11.6 Å². The summed E-state index contributed by atoms with van der Waals surface area (Å²) in [6, 6.07) is 10.2. The van der Waals surface area contributed by atoms with Crippen LogP contribution < -0.4 is 9.46 Å². The van der Waals surface area contributed by atoms with Gasteiger partial charge in [-0.3, -0.25) is 9.69 Å². The predicted molar refractivity (Wildman–Crippen MR) is 149 cm³/mol. The van der Waals surface area contributed by atoms with Gasteiger partial charge in [-0.05, 0) is 99.8 Å². The highest BCUT2D eigenvalue weighted by Gasteiger charge is 2.38. The van der Waals surface area contributed by atoms with E-state index in [4.69, 9.17) is 27.9 Å². The average Bonchev–Trinajstić information content (AvgIpc) is 3.67. The highest BCUT2D eigenvalue weighted by molar-refractivity contribution is 7.89. The topological polar surface area (TPSA) is 99.5 Å². The summed E-state index contributed by atoms with van der Waals surface area (Å²) in [6.45, 7) is 5.69. The molecule has 11 heteroatoms. The predicted octanol–water partition coefficient (Wildman–Crippen LogP) is 6.08. The van der Waals surface area contributed by atoms with Gasteiger partial charge in [0.15, 0.2) is 0 Å². The molecule has 2 aliphatic rings. The first kappa shape index (κ1) is 29.6. The maximum Gasteiger partial charge on any atom is 0.267 e. The van der Waals surface area contributed by atoms with Crippen molar-refractivity contribution in [3.05, 3.63) is 62.9 Å². The third kappa shape index (κ3) is 7.43. The summed E-state index contributed by atoms with van der Waals surface area (Å²) in [5, 5.41) is 11.0. The van der Waals surface area contributed by atoms with Crippen molar-refractivity contribution in [3.8, 4) is 11.8 Å². The van der Waals surface area contributed by atoms with Gasteiger partial charge in [-0.2, -0.15) is 5.26 Å². The number of hydrogen-bond donors (Lipinski definition) is 1. The Labute approximate surface area is 239 Å². The minimum absolute atomic E-state index is 0.158. The van der Waals surface area contributed by atoms with Gasteiger partial charge in [0, 0.05) is 16.1 Å². The molecule has 1 amide bonds. The Morgan fingerprint density at radius 1 is 1.15 bits per heavy atom. The molecule has 0 radical (unpaired) electrons. The molecule has 0 aromatic heterocycles. The van der Waals surface area contributed by atoms with Crippen LogP contribution in [0.5, 0.6) is 5.75 Å². The van der Waals surface area contributed by atoms with Crippen molar-refractivity contribution in [1.82, 2.24) is 9.62 Å². The Kier molecular flexibility index (Phi) is 8.82. The highest BCUT2D eigenvalue weighted by atomic mass is 35.5. The van der Waals surface area contributed by atoms with Gasteiger partial charge in [0.2, 0.25) is 10.0 Å². The maximum absolute atomic E-state index is 14.8. The lowest BCUT2D eigenvalue weighted by Gasteiger charge is -2.42. The lowest BCUT2D eigenvalue weighted by molar-refractivity contribution is 0.0661. The molecule has 39 heavy (non-hydrogen) atoms. The summed E-state index contributed by atoms with van der Waals surface area (Å²) in [5.41, 5.74) is 0.633. The van der Waals surface area contributed by atoms with E-state index >= 15 is 0 Å². The van der Waals surface area contributed by atoms with Crippen LogP contribution in [0.25, 0.3) is 0 Å². The van der Waals surface area contributed by atoms with Crippen molar-refractivity contribution in [2.75, 3.05) is 26.0 Å². The second-order valence-electron chi connectivity index (χ2n) is 11.1. The van der Waals surface area contributed by atoms with Crippen molar-refractivity contribution in [3.63, 3.8) is 0 Å². The number of ether oxygens (including phenoxy) is 1. The molecule has 0 bridgehead atoms. The number of nitriles is 1. The van der Waals surface area contributed by atoms with E-state index < -0.39 is 27.2 Å². The zero-order valence-electron chi connectivity index (χ0n) is 22.1. The van der Waals surface area contributed by atoms with Crippen molar-refractivity contribution in [1.29, 1.82) is 5.26 Å². The number of nitrogens with one attached hydrogen (secondary N) is 1. The Bertz CT molecular complexity index is 1380. The monoisotopic (exact) mass is 595 g/mol. The number of likely N-dealkylation sites (tertiary alicyclic amines) is 1. The summed E-state index contributed by atoms with van der Waals surface area (Å²) < 4.78 is 45.6. The maximum atomic E-state index is 14.8. The molecule has 2 aromatic rings. The number of rotatable bonds is 9. The molecule has 210 valence electrons. The van der Waals surface area contributed by atoms with E-state index in [2.05, 4.69) is 11.0 Å². The number of sulfonamides is 1. The Morgan fingerprint density at radius 2 is 1.77 bits per heavy atom. The molecule has 1 heterocycles. The molecule has 2 fully saturated rings. The molecule has 1 N–H and O–H groups in total. The fourth-order valence-corrected chi connectivity index (χ4v) is 6.26. The molecule has 4 rings (SSSR count). The van der Waals surface area contributed by atoms with E-state index in [0.29, 0.717) is 22.4 Å². The lowest BCUT2D eigenvalue weighted by Crippen LogP contribution is -2.43. The van der Waals surface area contributed by atoms with Crippen LogP contribution in [0.4, 0.5) is 4.39 Å². The van der Waals surface area contributed by atoms with Crippen LogP contribution in [0.3, 0.4) is 0 Å². The molecule has 7 nitrogen and oxygen atoms in total. The van der Waals surface area contributed by atoms with Crippen LogP contribution in [0.1, 0.15) is 73.0 Å². The zero-order chi connectivity index (χ0) is 28.5. The summed E-state index contributed by atoms with van der Waals surface area (Å²) in [4.78, 5) is 14.6. The molecule has 1 aliphatic heterocycles. The van der Waals surface area contributed by atoms with E-state index in [0.717, 1.165) is 56.2 Å². The van der Waals surface area contributed by atoms with Gasteiger partial charge >= 0.3 is 0 Å². The van der Waals surface area contributed by atoms with Gasteiger partial charge in [-0.25, -0.2) is 17.5 Å². The molecule has 1 atom stereocenters. The molecule has 1 saturated heterocycles. The normalized spacial score (nSPS) is 17.9. The van der Waals surface area contributed by atoms with E-state index in [-0.39, 0.29) is 23.4 Å². The lowest BCUT2D eigenvalue weighted by atomic mass is 9.79. The fraction of sp³-hybridized carbons (Fsp3) is 0.500. The molecular formula is C28H32Cl2FN3O4S. The number of piperidine rings is 1. The van der Waals surface area contributed by atoms with E-state index in [1.165, 1.54) is 12.1 Å². The van der Waals surface area contributed by atoms with Crippen LogP contribution in [0.15, 0.2) is 30.3 Å². The number of carbonyl (C=O) groups excluding carboxylic acids is 1. The average molecular weight is 597 g/mol. The van der Waals surface area contributed by atoms with Crippen LogP contribution >= 0.6 is 23.2 Å². The van der Waals surface area contributed by atoms with Crippen LogP contribution in [-0.4, -0.2) is 45.2 Å². The number of nitrogens with zero attached hydrogens (tertiary/aromatic N) is 2. The molecular weight excluding hydrogens is 564 g/mol. The van der Waals surface area contributed by atoms with Crippen molar-refractivity contribution < 1.29 is 22.3 Å². The summed E-state index contributed by atoms with van der Waals surface area (Å²) >= 11 is 12.6. The standard InChI is InChI=1S/C28H32Cl2FN3O4S/c1-28(2,16-32)26(19-10-20(29)12-21(30)11-19)34-8-6-17(7-9-34)15-38-25-14-24(31)23(13-22(25)18-4-5-18)27(35)33-39(3,36)37/h10-14,17-18,26H,4-9,15H2,1-3H3,(H,33,35).